The maximum Gasteiger partial charge on any atom is 0.208 e. The molecular weight excluding hydrogens is 257 g/mol. The first kappa shape index (κ1) is 14.4. The summed E-state index contributed by atoms with van der Waals surface area (Å²) in [6, 6.07) is 5.82. The standard InChI is InChI=1S/C11H14FN3O2S/c1-18(16,17)15-4-2-3-14-11-6-9(8-13)5-10(12)7-11/h5-7,14-15H,2-4H2,1H3. The SMILES string of the molecule is CS(=O)(=O)NCCCNc1cc(F)cc(C#N)c1. The molecule has 0 aliphatic rings. The van der Waals surface area contributed by atoms with Gasteiger partial charge in [-0.2, -0.15) is 5.26 Å². The van der Waals surface area contributed by atoms with Crippen LogP contribution in [0.1, 0.15) is 12.0 Å². The van der Waals surface area contributed by atoms with Crippen molar-refractivity contribution in [3.8, 4) is 6.07 Å². The van der Waals surface area contributed by atoms with Crippen molar-refractivity contribution in [2.45, 2.75) is 6.42 Å². The Hall–Kier alpha value is -1.65. The van der Waals surface area contributed by atoms with Crippen molar-refractivity contribution in [3.63, 3.8) is 0 Å². The van der Waals surface area contributed by atoms with Crippen LogP contribution in [-0.4, -0.2) is 27.8 Å². The maximum atomic E-state index is 13.1. The summed E-state index contributed by atoms with van der Waals surface area (Å²) in [5, 5.41) is 11.6. The van der Waals surface area contributed by atoms with E-state index in [2.05, 4.69) is 10.0 Å². The number of nitrogens with zero attached hydrogens (tertiary/aromatic N) is 1. The summed E-state index contributed by atoms with van der Waals surface area (Å²) < 4.78 is 37.0. The number of hydrogen-bond acceptors (Lipinski definition) is 4. The summed E-state index contributed by atoms with van der Waals surface area (Å²) in [5.41, 5.74) is 0.748. The molecule has 5 nitrogen and oxygen atoms in total. The molecule has 0 fully saturated rings. The van der Waals surface area contributed by atoms with E-state index in [0.29, 0.717) is 25.2 Å². The lowest BCUT2D eigenvalue weighted by molar-refractivity contribution is 0.586. The fraction of sp³-hybridized carbons (Fsp3) is 0.364. The molecule has 0 atom stereocenters. The minimum atomic E-state index is -3.17. The molecule has 0 aromatic heterocycles. The van der Waals surface area contributed by atoms with E-state index in [1.807, 2.05) is 6.07 Å². The van der Waals surface area contributed by atoms with Crippen LogP contribution in [0.3, 0.4) is 0 Å². The van der Waals surface area contributed by atoms with Gasteiger partial charge in [0.15, 0.2) is 0 Å². The van der Waals surface area contributed by atoms with Gasteiger partial charge in [-0.15, -0.1) is 0 Å². The van der Waals surface area contributed by atoms with Crippen LogP contribution in [0.2, 0.25) is 0 Å². The van der Waals surface area contributed by atoms with E-state index < -0.39 is 15.8 Å². The van der Waals surface area contributed by atoms with Gasteiger partial charge in [0.1, 0.15) is 5.82 Å². The van der Waals surface area contributed by atoms with Gasteiger partial charge in [-0.3, -0.25) is 0 Å². The van der Waals surface area contributed by atoms with Gasteiger partial charge in [-0.05, 0) is 24.6 Å². The van der Waals surface area contributed by atoms with Crippen LogP contribution in [0.25, 0.3) is 0 Å². The number of rotatable bonds is 6. The molecule has 98 valence electrons. The predicted molar refractivity (Wildman–Crippen MR) is 67.1 cm³/mol. The van der Waals surface area contributed by atoms with Crippen molar-refractivity contribution < 1.29 is 12.8 Å². The molecule has 7 heteroatoms. The normalized spacial score (nSPS) is 10.9. The Labute approximate surface area is 106 Å². The van der Waals surface area contributed by atoms with Crippen molar-refractivity contribution in [1.29, 1.82) is 5.26 Å². The van der Waals surface area contributed by atoms with E-state index >= 15 is 0 Å². The van der Waals surface area contributed by atoms with Crippen molar-refractivity contribution >= 4 is 15.7 Å². The van der Waals surface area contributed by atoms with Crippen LogP contribution in [0, 0.1) is 17.1 Å². The third-order valence-electron chi connectivity index (χ3n) is 2.07. The predicted octanol–water partition coefficient (Wildman–Crippen LogP) is 1.05. The molecule has 1 aromatic rings. The topological polar surface area (TPSA) is 82.0 Å². The van der Waals surface area contributed by atoms with E-state index in [1.165, 1.54) is 12.1 Å². The molecule has 0 bridgehead atoms. The van der Waals surface area contributed by atoms with Crippen LogP contribution in [0.4, 0.5) is 10.1 Å². The highest BCUT2D eigenvalue weighted by molar-refractivity contribution is 7.88. The molecular formula is C11H14FN3O2S. The second-order valence-electron chi connectivity index (χ2n) is 3.79. The first-order valence-electron chi connectivity index (χ1n) is 5.30. The molecule has 0 heterocycles. The second-order valence-corrected chi connectivity index (χ2v) is 5.62. The molecule has 1 aromatic carbocycles. The zero-order chi connectivity index (χ0) is 13.6. The van der Waals surface area contributed by atoms with Crippen molar-refractivity contribution in [2.24, 2.45) is 0 Å². The summed E-state index contributed by atoms with van der Waals surface area (Å²) >= 11 is 0. The Bertz CT molecular complexity index is 552. The first-order valence-corrected chi connectivity index (χ1v) is 7.19. The highest BCUT2D eigenvalue weighted by Crippen LogP contribution is 2.13. The van der Waals surface area contributed by atoms with Gasteiger partial charge in [0.25, 0.3) is 0 Å². The molecule has 2 N–H and O–H groups in total. The average Bonchev–Trinajstić information content (AvgIpc) is 2.26. The summed E-state index contributed by atoms with van der Waals surface area (Å²) in [6.45, 7) is 0.795. The molecule has 0 aliphatic carbocycles. The zero-order valence-electron chi connectivity index (χ0n) is 9.90. The third-order valence-corrected chi connectivity index (χ3v) is 2.80. The van der Waals surface area contributed by atoms with E-state index in [9.17, 15) is 12.8 Å². The molecule has 0 saturated carbocycles. The molecule has 0 saturated heterocycles. The van der Waals surface area contributed by atoms with Crippen molar-refractivity contribution in [1.82, 2.24) is 4.72 Å². The van der Waals surface area contributed by atoms with Gasteiger partial charge >= 0.3 is 0 Å². The van der Waals surface area contributed by atoms with Crippen molar-refractivity contribution in [3.05, 3.63) is 29.6 Å². The molecule has 18 heavy (non-hydrogen) atoms. The fourth-order valence-corrected chi connectivity index (χ4v) is 1.85. The summed E-state index contributed by atoms with van der Waals surface area (Å²) in [4.78, 5) is 0. The Balaban J connectivity index is 2.40. The fourth-order valence-electron chi connectivity index (χ4n) is 1.33. The van der Waals surface area contributed by atoms with E-state index in [-0.39, 0.29) is 5.56 Å². The van der Waals surface area contributed by atoms with Crippen LogP contribution in [-0.2, 0) is 10.0 Å². The van der Waals surface area contributed by atoms with Crippen LogP contribution in [0.5, 0.6) is 0 Å². The number of sulfonamides is 1. The third kappa shape index (κ3) is 5.61. The van der Waals surface area contributed by atoms with Gasteiger partial charge in [0, 0.05) is 18.8 Å². The Kier molecular flexibility index (Phi) is 5.07. The second kappa shape index (κ2) is 6.33. The highest BCUT2D eigenvalue weighted by atomic mass is 32.2. The van der Waals surface area contributed by atoms with E-state index in [4.69, 9.17) is 5.26 Å². The Morgan fingerprint density at radius 3 is 2.67 bits per heavy atom. The summed E-state index contributed by atoms with van der Waals surface area (Å²) in [6.07, 6.45) is 1.65. The molecule has 1 rings (SSSR count). The largest absolute Gasteiger partial charge is 0.385 e. The smallest absolute Gasteiger partial charge is 0.208 e. The van der Waals surface area contributed by atoms with Gasteiger partial charge in [-0.1, -0.05) is 0 Å². The Morgan fingerprint density at radius 1 is 1.33 bits per heavy atom. The zero-order valence-corrected chi connectivity index (χ0v) is 10.7. The van der Waals surface area contributed by atoms with Crippen LogP contribution >= 0.6 is 0 Å². The van der Waals surface area contributed by atoms with Gasteiger partial charge < -0.3 is 5.32 Å². The summed E-state index contributed by atoms with van der Waals surface area (Å²) in [5.74, 6) is -0.481. The van der Waals surface area contributed by atoms with Gasteiger partial charge in [0.2, 0.25) is 10.0 Å². The Morgan fingerprint density at radius 2 is 2.06 bits per heavy atom. The molecule has 0 spiro atoms. The molecule has 0 amide bonds. The minimum Gasteiger partial charge on any atom is -0.385 e. The minimum absolute atomic E-state index is 0.242. The molecule has 0 aliphatic heterocycles. The number of halogens is 1. The van der Waals surface area contributed by atoms with Crippen LogP contribution in [0.15, 0.2) is 18.2 Å². The monoisotopic (exact) mass is 271 g/mol. The lowest BCUT2D eigenvalue weighted by Gasteiger charge is -2.07. The lowest BCUT2D eigenvalue weighted by atomic mass is 10.2. The number of benzene rings is 1. The number of nitrogens with one attached hydrogen (secondary N) is 2. The van der Waals surface area contributed by atoms with Crippen molar-refractivity contribution in [2.75, 3.05) is 24.7 Å². The quantitative estimate of drug-likeness (QED) is 0.758. The van der Waals surface area contributed by atoms with E-state index in [1.54, 1.807) is 0 Å². The van der Waals surface area contributed by atoms with Gasteiger partial charge in [0.05, 0.1) is 17.9 Å². The first-order chi connectivity index (χ1) is 8.40. The van der Waals surface area contributed by atoms with Crippen LogP contribution < -0.4 is 10.0 Å². The van der Waals surface area contributed by atoms with E-state index in [0.717, 1.165) is 12.3 Å². The lowest BCUT2D eigenvalue weighted by Crippen LogP contribution is -2.24. The molecule has 0 radical (unpaired) electrons. The number of hydrogen-bond donors (Lipinski definition) is 2. The van der Waals surface area contributed by atoms with Gasteiger partial charge in [-0.25, -0.2) is 17.5 Å². The summed E-state index contributed by atoms with van der Waals surface area (Å²) in [7, 11) is -3.17. The number of anilines is 1. The number of nitriles is 1. The highest BCUT2D eigenvalue weighted by Gasteiger charge is 2.01. The maximum absolute atomic E-state index is 13.1. The molecule has 0 unspecified atom stereocenters. The average molecular weight is 271 g/mol.